The van der Waals surface area contributed by atoms with Crippen LogP contribution in [-0.4, -0.2) is 22.9 Å². The molecule has 3 unspecified atom stereocenters. The maximum Gasteiger partial charge on any atom is 0.0600 e. The van der Waals surface area contributed by atoms with Gasteiger partial charge >= 0.3 is 0 Å². The molecule has 1 aromatic carbocycles. The van der Waals surface area contributed by atoms with Gasteiger partial charge in [-0.15, -0.1) is 0 Å². The summed E-state index contributed by atoms with van der Waals surface area (Å²) >= 11 is 0. The molecule has 0 heterocycles. The third-order valence-corrected chi connectivity index (χ3v) is 4.14. The summed E-state index contributed by atoms with van der Waals surface area (Å²) in [6.45, 7) is 2.25. The largest absolute Gasteiger partial charge is 0.396 e. The first-order chi connectivity index (χ1) is 7.68. The van der Waals surface area contributed by atoms with Crippen molar-refractivity contribution in [2.75, 3.05) is 6.61 Å². The first kappa shape index (κ1) is 11.6. The van der Waals surface area contributed by atoms with Crippen molar-refractivity contribution in [3.8, 4) is 0 Å². The van der Waals surface area contributed by atoms with Crippen molar-refractivity contribution in [1.29, 1.82) is 0 Å². The van der Waals surface area contributed by atoms with Crippen molar-refractivity contribution in [2.24, 2.45) is 5.41 Å². The van der Waals surface area contributed by atoms with Gasteiger partial charge in [0.1, 0.15) is 0 Å². The van der Waals surface area contributed by atoms with Crippen LogP contribution in [0.5, 0.6) is 0 Å². The summed E-state index contributed by atoms with van der Waals surface area (Å²) in [6, 6.07) is 10.3. The standard InChI is InChI=1S/C14H20O2/c1-14(9-10-15)12(7-8-13(14)16)11-5-3-2-4-6-11/h2-6,12-13,15-16H,7-10H2,1H3. The molecule has 1 aliphatic carbocycles. The zero-order valence-electron chi connectivity index (χ0n) is 9.76. The smallest absolute Gasteiger partial charge is 0.0600 e. The molecule has 0 saturated heterocycles. The lowest BCUT2D eigenvalue weighted by Crippen LogP contribution is -2.32. The second-order valence-electron chi connectivity index (χ2n) is 5.04. The lowest BCUT2D eigenvalue weighted by molar-refractivity contribution is 0.0359. The van der Waals surface area contributed by atoms with Gasteiger partial charge in [0.25, 0.3) is 0 Å². The summed E-state index contributed by atoms with van der Waals surface area (Å²) in [5.74, 6) is 0.371. The highest BCUT2D eigenvalue weighted by molar-refractivity contribution is 5.24. The third-order valence-electron chi connectivity index (χ3n) is 4.14. The molecular formula is C14H20O2. The molecule has 0 aliphatic heterocycles. The number of hydrogen-bond donors (Lipinski definition) is 2. The summed E-state index contributed by atoms with van der Waals surface area (Å²) < 4.78 is 0. The van der Waals surface area contributed by atoms with Gasteiger partial charge in [0, 0.05) is 12.0 Å². The van der Waals surface area contributed by atoms with Gasteiger partial charge in [-0.25, -0.2) is 0 Å². The average molecular weight is 220 g/mol. The predicted octanol–water partition coefficient (Wildman–Crippen LogP) is 2.31. The lowest BCUT2D eigenvalue weighted by atomic mass is 9.72. The fourth-order valence-corrected chi connectivity index (χ4v) is 3.03. The average Bonchev–Trinajstić information content (AvgIpc) is 2.58. The van der Waals surface area contributed by atoms with E-state index in [1.807, 2.05) is 18.2 Å². The number of hydrogen-bond acceptors (Lipinski definition) is 2. The van der Waals surface area contributed by atoms with Crippen molar-refractivity contribution in [3.63, 3.8) is 0 Å². The Hall–Kier alpha value is -0.860. The van der Waals surface area contributed by atoms with Crippen LogP contribution in [0.3, 0.4) is 0 Å². The van der Waals surface area contributed by atoms with E-state index in [2.05, 4.69) is 19.1 Å². The molecule has 2 rings (SSSR count). The Morgan fingerprint density at radius 3 is 2.56 bits per heavy atom. The number of benzene rings is 1. The molecule has 1 fully saturated rings. The maximum atomic E-state index is 10.1. The highest BCUT2D eigenvalue weighted by atomic mass is 16.3. The molecule has 0 aromatic heterocycles. The van der Waals surface area contributed by atoms with E-state index in [4.69, 9.17) is 5.11 Å². The van der Waals surface area contributed by atoms with Gasteiger partial charge in [-0.05, 0) is 30.7 Å². The van der Waals surface area contributed by atoms with E-state index in [1.165, 1.54) is 5.56 Å². The highest BCUT2D eigenvalue weighted by Gasteiger charge is 2.45. The Kier molecular flexibility index (Phi) is 3.31. The number of rotatable bonds is 3. The van der Waals surface area contributed by atoms with Gasteiger partial charge in [0.15, 0.2) is 0 Å². The van der Waals surface area contributed by atoms with Gasteiger partial charge in [0.2, 0.25) is 0 Å². The van der Waals surface area contributed by atoms with Crippen molar-refractivity contribution in [2.45, 2.75) is 38.2 Å². The van der Waals surface area contributed by atoms with E-state index in [9.17, 15) is 5.11 Å². The van der Waals surface area contributed by atoms with E-state index in [0.717, 1.165) is 12.8 Å². The molecule has 1 aromatic rings. The summed E-state index contributed by atoms with van der Waals surface area (Å²) in [4.78, 5) is 0. The molecule has 0 bridgehead atoms. The Balaban J connectivity index is 2.27. The SMILES string of the molecule is CC1(CCO)C(O)CCC1c1ccccc1. The van der Waals surface area contributed by atoms with Crippen LogP contribution < -0.4 is 0 Å². The zero-order chi connectivity index (χ0) is 11.6. The molecule has 0 radical (unpaired) electrons. The van der Waals surface area contributed by atoms with Crippen LogP contribution in [0.25, 0.3) is 0 Å². The molecule has 16 heavy (non-hydrogen) atoms. The third kappa shape index (κ3) is 1.87. The van der Waals surface area contributed by atoms with E-state index >= 15 is 0 Å². The van der Waals surface area contributed by atoms with Gasteiger partial charge in [-0.3, -0.25) is 0 Å². The van der Waals surface area contributed by atoms with Gasteiger partial charge < -0.3 is 10.2 Å². The van der Waals surface area contributed by atoms with Crippen LogP contribution in [-0.2, 0) is 0 Å². The molecule has 2 heteroatoms. The Bertz CT molecular complexity index is 336. The van der Waals surface area contributed by atoms with Crippen LogP contribution in [0.15, 0.2) is 30.3 Å². The van der Waals surface area contributed by atoms with Crippen LogP contribution in [0.2, 0.25) is 0 Å². The van der Waals surface area contributed by atoms with E-state index in [-0.39, 0.29) is 18.1 Å². The van der Waals surface area contributed by atoms with E-state index < -0.39 is 0 Å². The second-order valence-corrected chi connectivity index (χ2v) is 5.04. The summed E-state index contributed by atoms with van der Waals surface area (Å²) in [5.41, 5.74) is 1.12. The van der Waals surface area contributed by atoms with E-state index in [1.54, 1.807) is 0 Å². The van der Waals surface area contributed by atoms with E-state index in [0.29, 0.717) is 12.3 Å². The predicted molar refractivity (Wildman–Crippen MR) is 64.2 cm³/mol. The molecule has 0 spiro atoms. The monoisotopic (exact) mass is 220 g/mol. The summed E-state index contributed by atoms with van der Waals surface area (Å²) in [5, 5.41) is 19.3. The van der Waals surface area contributed by atoms with Gasteiger partial charge in [0.05, 0.1) is 6.10 Å². The first-order valence-electron chi connectivity index (χ1n) is 6.02. The van der Waals surface area contributed by atoms with Crippen molar-refractivity contribution in [1.82, 2.24) is 0 Å². The van der Waals surface area contributed by atoms with Crippen LogP contribution in [0.4, 0.5) is 0 Å². The topological polar surface area (TPSA) is 40.5 Å². The molecule has 3 atom stereocenters. The van der Waals surface area contributed by atoms with Crippen LogP contribution >= 0.6 is 0 Å². The van der Waals surface area contributed by atoms with Crippen molar-refractivity contribution >= 4 is 0 Å². The lowest BCUT2D eigenvalue weighted by Gasteiger charge is -2.34. The molecule has 2 nitrogen and oxygen atoms in total. The zero-order valence-corrected chi connectivity index (χ0v) is 9.76. The highest BCUT2D eigenvalue weighted by Crippen LogP contribution is 2.51. The van der Waals surface area contributed by atoms with Crippen molar-refractivity contribution in [3.05, 3.63) is 35.9 Å². The molecule has 2 N–H and O–H groups in total. The normalized spacial score (nSPS) is 34.2. The quantitative estimate of drug-likeness (QED) is 0.820. The Morgan fingerprint density at radius 2 is 1.94 bits per heavy atom. The second kappa shape index (κ2) is 4.56. The Morgan fingerprint density at radius 1 is 1.25 bits per heavy atom. The Labute approximate surface area is 96.9 Å². The maximum absolute atomic E-state index is 10.1. The fraction of sp³-hybridized carbons (Fsp3) is 0.571. The minimum absolute atomic E-state index is 0.150. The van der Waals surface area contributed by atoms with Crippen LogP contribution in [0, 0.1) is 5.41 Å². The fourth-order valence-electron chi connectivity index (χ4n) is 3.03. The number of aliphatic hydroxyl groups is 2. The molecular weight excluding hydrogens is 200 g/mol. The van der Waals surface area contributed by atoms with Crippen LogP contribution in [0.1, 0.15) is 37.7 Å². The van der Waals surface area contributed by atoms with Gasteiger partial charge in [-0.2, -0.15) is 0 Å². The van der Waals surface area contributed by atoms with Gasteiger partial charge in [-0.1, -0.05) is 37.3 Å². The minimum Gasteiger partial charge on any atom is -0.396 e. The molecule has 88 valence electrons. The molecule has 0 amide bonds. The molecule has 1 saturated carbocycles. The summed E-state index contributed by atoms with van der Waals surface area (Å²) in [7, 11) is 0. The molecule has 1 aliphatic rings. The summed E-state index contributed by atoms with van der Waals surface area (Å²) in [6.07, 6.45) is 2.25. The minimum atomic E-state index is -0.287. The number of aliphatic hydroxyl groups excluding tert-OH is 2. The first-order valence-corrected chi connectivity index (χ1v) is 6.02. The van der Waals surface area contributed by atoms with Crippen molar-refractivity contribution < 1.29 is 10.2 Å².